The number of rotatable bonds is 3. The molecule has 2 aromatic rings. The van der Waals surface area contributed by atoms with E-state index in [0.29, 0.717) is 33.8 Å². The maximum absolute atomic E-state index is 12.7. The van der Waals surface area contributed by atoms with Gasteiger partial charge in [0.2, 0.25) is 6.79 Å². The molecule has 1 amide bonds. The lowest BCUT2D eigenvalue weighted by Gasteiger charge is -2.12. The Morgan fingerprint density at radius 3 is 2.88 bits per heavy atom. The molecule has 0 saturated carbocycles. The summed E-state index contributed by atoms with van der Waals surface area (Å²) in [5.41, 5.74) is 1.46. The molecule has 2 heterocycles. The van der Waals surface area contributed by atoms with Gasteiger partial charge in [-0.2, -0.15) is 0 Å². The number of benzene rings is 2. The predicted octanol–water partition coefficient (Wildman–Crippen LogP) is 3.74. The maximum atomic E-state index is 12.7. The fourth-order valence-corrected chi connectivity index (χ4v) is 3.76. The molecule has 1 saturated heterocycles. The van der Waals surface area contributed by atoms with Crippen LogP contribution in [0.15, 0.2) is 52.4 Å². The van der Waals surface area contributed by atoms with Gasteiger partial charge in [0.15, 0.2) is 16.7 Å². The van der Waals surface area contributed by atoms with Crippen LogP contribution in [0.5, 0.6) is 17.2 Å². The minimum absolute atomic E-state index is 0.0888. The second-order valence-electron chi connectivity index (χ2n) is 5.69. The molecule has 26 heavy (non-hydrogen) atoms. The highest BCUT2D eigenvalue weighted by Gasteiger charge is 2.32. The zero-order chi connectivity index (χ0) is 18.1. The lowest BCUT2D eigenvalue weighted by molar-refractivity contribution is -0.122. The Morgan fingerprint density at radius 2 is 2.08 bits per heavy atom. The summed E-state index contributed by atoms with van der Waals surface area (Å²) in [5, 5.41) is 10.2. The number of phenolic OH excluding ortho intramolecular Hbond substituents is 1. The second kappa shape index (κ2) is 6.76. The fourth-order valence-electron chi connectivity index (χ4n) is 2.70. The number of nitrogens with zero attached hydrogens (tertiary/aromatic N) is 2. The standard InChI is InChI=1S/C19H16N2O4S/c1-2-21-18(23)17(9-12-6-7-15-16(8-12)25-11-24-15)26-19(21)20-13-4-3-5-14(22)10-13/h3-10,22H,2,11H2,1H3/b17-9-,20-19?. The highest BCUT2D eigenvalue weighted by atomic mass is 32.2. The second-order valence-corrected chi connectivity index (χ2v) is 6.70. The number of carbonyl (C=O) groups is 1. The number of likely N-dealkylation sites (N-methyl/N-ethyl adjacent to an activating group) is 1. The molecule has 0 unspecified atom stereocenters. The molecule has 132 valence electrons. The van der Waals surface area contributed by atoms with E-state index < -0.39 is 0 Å². The third-order valence-corrected chi connectivity index (χ3v) is 4.96. The number of aromatic hydroxyl groups is 1. The molecule has 4 rings (SSSR count). The number of fused-ring (bicyclic) bond motifs is 1. The Kier molecular flexibility index (Phi) is 4.30. The van der Waals surface area contributed by atoms with Crippen LogP contribution >= 0.6 is 11.8 Å². The quantitative estimate of drug-likeness (QED) is 0.836. The van der Waals surface area contributed by atoms with Crippen molar-refractivity contribution in [1.82, 2.24) is 4.90 Å². The minimum Gasteiger partial charge on any atom is -0.508 e. The van der Waals surface area contributed by atoms with E-state index in [1.54, 1.807) is 29.2 Å². The SMILES string of the molecule is CCN1C(=O)/C(=C/c2ccc3c(c2)OCO3)SC1=Nc1cccc(O)c1. The van der Waals surface area contributed by atoms with Gasteiger partial charge in [-0.05, 0) is 54.6 Å². The van der Waals surface area contributed by atoms with Crippen LogP contribution in [-0.4, -0.2) is 34.4 Å². The monoisotopic (exact) mass is 368 g/mol. The van der Waals surface area contributed by atoms with Crippen LogP contribution in [-0.2, 0) is 4.79 Å². The van der Waals surface area contributed by atoms with Gasteiger partial charge in [-0.25, -0.2) is 4.99 Å². The lowest BCUT2D eigenvalue weighted by Crippen LogP contribution is -2.28. The molecule has 2 aromatic carbocycles. The van der Waals surface area contributed by atoms with Crippen LogP contribution in [0.4, 0.5) is 5.69 Å². The molecule has 0 atom stereocenters. The normalized spacial score (nSPS) is 19.0. The highest BCUT2D eigenvalue weighted by Crippen LogP contribution is 2.37. The highest BCUT2D eigenvalue weighted by molar-refractivity contribution is 8.18. The number of amidine groups is 1. The van der Waals surface area contributed by atoms with Gasteiger partial charge in [0, 0.05) is 12.6 Å². The smallest absolute Gasteiger partial charge is 0.266 e. The Balaban J connectivity index is 1.65. The van der Waals surface area contributed by atoms with Gasteiger partial charge in [-0.3, -0.25) is 9.69 Å². The Hall–Kier alpha value is -2.93. The maximum Gasteiger partial charge on any atom is 0.266 e. The molecular formula is C19H16N2O4S. The Labute approximate surface area is 154 Å². The van der Waals surface area contributed by atoms with Crippen molar-refractivity contribution in [2.24, 2.45) is 4.99 Å². The number of amides is 1. The Morgan fingerprint density at radius 1 is 1.23 bits per heavy atom. The lowest BCUT2D eigenvalue weighted by atomic mass is 10.2. The van der Waals surface area contributed by atoms with Crippen LogP contribution in [0.1, 0.15) is 12.5 Å². The number of hydrogen-bond acceptors (Lipinski definition) is 6. The van der Waals surface area contributed by atoms with E-state index in [-0.39, 0.29) is 18.4 Å². The average molecular weight is 368 g/mol. The van der Waals surface area contributed by atoms with E-state index in [0.717, 1.165) is 5.56 Å². The van der Waals surface area contributed by atoms with E-state index in [9.17, 15) is 9.90 Å². The van der Waals surface area contributed by atoms with Crippen LogP contribution in [0.2, 0.25) is 0 Å². The summed E-state index contributed by atoms with van der Waals surface area (Å²) >= 11 is 1.31. The molecule has 0 aromatic heterocycles. The molecule has 1 fully saturated rings. The van der Waals surface area contributed by atoms with E-state index in [1.165, 1.54) is 11.8 Å². The first-order chi connectivity index (χ1) is 12.6. The Bertz CT molecular complexity index is 939. The predicted molar refractivity (Wildman–Crippen MR) is 101 cm³/mol. The van der Waals surface area contributed by atoms with Crippen LogP contribution in [0, 0.1) is 0 Å². The summed E-state index contributed by atoms with van der Waals surface area (Å²) < 4.78 is 10.7. The van der Waals surface area contributed by atoms with Crippen molar-refractivity contribution in [2.75, 3.05) is 13.3 Å². The molecular weight excluding hydrogens is 352 g/mol. The molecule has 0 spiro atoms. The van der Waals surface area contributed by atoms with Gasteiger partial charge in [0.05, 0.1) is 10.6 Å². The van der Waals surface area contributed by atoms with Gasteiger partial charge in [0.25, 0.3) is 5.91 Å². The number of phenols is 1. The minimum atomic E-state index is -0.0888. The fraction of sp³-hybridized carbons (Fsp3) is 0.158. The molecule has 2 aliphatic heterocycles. The first-order valence-corrected chi connectivity index (χ1v) is 8.94. The van der Waals surface area contributed by atoms with Crippen molar-refractivity contribution >= 4 is 34.6 Å². The van der Waals surface area contributed by atoms with Crippen molar-refractivity contribution in [3.8, 4) is 17.2 Å². The summed E-state index contributed by atoms with van der Waals surface area (Å²) in [6.45, 7) is 2.63. The zero-order valence-corrected chi connectivity index (χ0v) is 14.8. The van der Waals surface area contributed by atoms with Crippen LogP contribution < -0.4 is 9.47 Å². The third-order valence-electron chi connectivity index (χ3n) is 3.95. The zero-order valence-electron chi connectivity index (χ0n) is 14.0. The van der Waals surface area contributed by atoms with Gasteiger partial charge >= 0.3 is 0 Å². The van der Waals surface area contributed by atoms with Crippen molar-refractivity contribution in [3.05, 3.63) is 52.9 Å². The summed E-state index contributed by atoms with van der Waals surface area (Å²) in [4.78, 5) is 19.4. The van der Waals surface area contributed by atoms with Crippen LogP contribution in [0.3, 0.4) is 0 Å². The van der Waals surface area contributed by atoms with Gasteiger partial charge < -0.3 is 14.6 Å². The summed E-state index contributed by atoms with van der Waals surface area (Å²) in [5.74, 6) is 1.43. The van der Waals surface area contributed by atoms with E-state index in [1.807, 2.05) is 31.2 Å². The molecule has 0 bridgehead atoms. The number of thioether (sulfide) groups is 1. The van der Waals surface area contributed by atoms with Crippen molar-refractivity contribution in [2.45, 2.75) is 6.92 Å². The number of carbonyl (C=O) groups excluding carboxylic acids is 1. The van der Waals surface area contributed by atoms with Crippen molar-refractivity contribution < 1.29 is 19.4 Å². The largest absolute Gasteiger partial charge is 0.508 e. The summed E-state index contributed by atoms with van der Waals surface area (Å²) in [6.07, 6.45) is 1.82. The molecule has 1 N–H and O–H groups in total. The van der Waals surface area contributed by atoms with Crippen LogP contribution in [0.25, 0.3) is 6.08 Å². The molecule has 0 radical (unpaired) electrons. The number of ether oxygens (including phenoxy) is 2. The topological polar surface area (TPSA) is 71.4 Å². The van der Waals surface area contributed by atoms with E-state index in [2.05, 4.69) is 4.99 Å². The first-order valence-electron chi connectivity index (χ1n) is 8.13. The first kappa shape index (κ1) is 16.5. The van der Waals surface area contributed by atoms with Crippen molar-refractivity contribution in [3.63, 3.8) is 0 Å². The molecule has 2 aliphatic rings. The summed E-state index contributed by atoms with van der Waals surface area (Å²) in [7, 11) is 0. The molecule has 6 nitrogen and oxygen atoms in total. The van der Waals surface area contributed by atoms with Crippen molar-refractivity contribution in [1.29, 1.82) is 0 Å². The van der Waals surface area contributed by atoms with Gasteiger partial charge in [-0.1, -0.05) is 12.1 Å². The summed E-state index contributed by atoms with van der Waals surface area (Å²) in [6, 6.07) is 12.2. The average Bonchev–Trinajstić information content (AvgIpc) is 3.19. The molecule has 0 aliphatic carbocycles. The van der Waals surface area contributed by atoms with Gasteiger partial charge in [-0.15, -0.1) is 0 Å². The van der Waals surface area contributed by atoms with E-state index in [4.69, 9.17) is 9.47 Å². The van der Waals surface area contributed by atoms with Gasteiger partial charge in [0.1, 0.15) is 5.75 Å². The van der Waals surface area contributed by atoms with E-state index >= 15 is 0 Å². The number of hydrogen-bond donors (Lipinski definition) is 1. The molecule has 7 heteroatoms. The number of aliphatic imine (C=N–C) groups is 1. The third kappa shape index (κ3) is 3.13.